The molecular weight excluding hydrogens is 318 g/mol. The van der Waals surface area contributed by atoms with Crippen LogP contribution < -0.4 is 4.90 Å². The van der Waals surface area contributed by atoms with Crippen molar-refractivity contribution in [1.82, 2.24) is 9.97 Å². The largest absolute Gasteiger partial charge is 0.371 e. The predicted octanol–water partition coefficient (Wildman–Crippen LogP) is 5.19. The highest BCUT2D eigenvalue weighted by Crippen LogP contribution is 2.34. The van der Waals surface area contributed by atoms with Crippen LogP contribution in [0.1, 0.15) is 19.8 Å². The first-order valence-corrected chi connectivity index (χ1v) is 8.85. The highest BCUT2D eigenvalue weighted by molar-refractivity contribution is 6.31. The van der Waals surface area contributed by atoms with Crippen molar-refractivity contribution in [2.75, 3.05) is 18.0 Å². The molecule has 1 aliphatic heterocycles. The molecule has 4 rings (SSSR count). The Morgan fingerprint density at radius 3 is 2.62 bits per heavy atom. The van der Waals surface area contributed by atoms with Crippen LogP contribution in [0.4, 0.5) is 5.69 Å². The molecule has 3 nitrogen and oxygen atoms in total. The van der Waals surface area contributed by atoms with Crippen molar-refractivity contribution < 1.29 is 0 Å². The first kappa shape index (κ1) is 15.4. The van der Waals surface area contributed by atoms with Crippen molar-refractivity contribution >= 4 is 28.2 Å². The van der Waals surface area contributed by atoms with E-state index in [2.05, 4.69) is 22.9 Å². The van der Waals surface area contributed by atoms with Crippen LogP contribution in [0.25, 0.3) is 22.3 Å². The summed E-state index contributed by atoms with van der Waals surface area (Å²) in [5.74, 6) is 0.799. The number of anilines is 1. The zero-order valence-electron chi connectivity index (χ0n) is 13.7. The third-order valence-corrected chi connectivity index (χ3v) is 5.04. The first-order valence-electron chi connectivity index (χ1n) is 8.47. The minimum atomic E-state index is 0.751. The molecular formula is C20H20ClN3. The van der Waals surface area contributed by atoms with E-state index in [4.69, 9.17) is 16.6 Å². The number of nitrogens with zero attached hydrogens (tertiary/aromatic N) is 3. The van der Waals surface area contributed by atoms with Crippen LogP contribution in [-0.4, -0.2) is 23.1 Å². The predicted molar refractivity (Wildman–Crippen MR) is 101 cm³/mol. The van der Waals surface area contributed by atoms with E-state index in [1.165, 1.54) is 18.5 Å². The summed E-state index contributed by atoms with van der Waals surface area (Å²) in [5, 5.41) is 1.87. The summed E-state index contributed by atoms with van der Waals surface area (Å²) >= 11 is 6.25. The van der Waals surface area contributed by atoms with Crippen LogP contribution in [0.3, 0.4) is 0 Å². The minimum absolute atomic E-state index is 0.751. The lowest BCUT2D eigenvalue weighted by Gasteiger charge is -2.33. The number of piperidine rings is 1. The molecule has 0 amide bonds. The number of hydrogen-bond acceptors (Lipinski definition) is 3. The molecule has 2 aromatic heterocycles. The Bertz CT molecular complexity index is 855. The van der Waals surface area contributed by atoms with Gasteiger partial charge < -0.3 is 4.90 Å². The Hall–Kier alpha value is -2.13. The number of fused-ring (bicyclic) bond motifs is 1. The molecule has 0 bridgehead atoms. The molecule has 4 heteroatoms. The highest BCUT2D eigenvalue weighted by Gasteiger charge is 2.19. The van der Waals surface area contributed by atoms with Crippen LogP contribution in [0.15, 0.2) is 48.7 Å². The maximum atomic E-state index is 6.25. The van der Waals surface area contributed by atoms with Crippen molar-refractivity contribution in [3.05, 3.63) is 53.7 Å². The molecule has 1 aromatic carbocycles. The molecule has 24 heavy (non-hydrogen) atoms. The van der Waals surface area contributed by atoms with Gasteiger partial charge in [-0.2, -0.15) is 0 Å². The fraction of sp³-hybridized carbons (Fsp3) is 0.300. The van der Waals surface area contributed by atoms with Gasteiger partial charge in [-0.05, 0) is 55.2 Å². The second-order valence-electron chi connectivity index (χ2n) is 6.57. The van der Waals surface area contributed by atoms with Crippen molar-refractivity contribution in [2.24, 2.45) is 5.92 Å². The summed E-state index contributed by atoms with van der Waals surface area (Å²) in [6.07, 6.45) is 4.26. The molecule has 0 unspecified atom stereocenters. The molecule has 0 atom stereocenters. The van der Waals surface area contributed by atoms with Gasteiger partial charge in [-0.25, -0.2) is 4.98 Å². The van der Waals surface area contributed by atoms with Crippen molar-refractivity contribution in [1.29, 1.82) is 0 Å². The van der Waals surface area contributed by atoms with Gasteiger partial charge in [-0.15, -0.1) is 0 Å². The maximum Gasteiger partial charge on any atom is 0.0914 e. The van der Waals surface area contributed by atoms with Gasteiger partial charge in [0, 0.05) is 35.4 Å². The van der Waals surface area contributed by atoms with Crippen molar-refractivity contribution in [2.45, 2.75) is 19.8 Å². The van der Waals surface area contributed by atoms with Gasteiger partial charge in [0.15, 0.2) is 0 Å². The quantitative estimate of drug-likeness (QED) is 0.644. The molecule has 1 aliphatic rings. The Morgan fingerprint density at radius 1 is 1.04 bits per heavy atom. The van der Waals surface area contributed by atoms with E-state index in [1.807, 2.05) is 42.6 Å². The molecule has 122 valence electrons. The monoisotopic (exact) mass is 337 g/mol. The van der Waals surface area contributed by atoms with Gasteiger partial charge in [0.05, 0.1) is 16.9 Å². The summed E-state index contributed by atoms with van der Waals surface area (Å²) in [7, 11) is 0. The standard InChI is InChI=1S/C20H20ClN3/c1-14-7-10-24(11-8-14)20-13-19(18-4-2-3-9-22-18)23-17-6-5-15(21)12-16(17)20/h2-6,9,12-14H,7-8,10-11H2,1H3. The SMILES string of the molecule is CC1CCN(c2cc(-c3ccccn3)nc3ccc(Cl)cc23)CC1. The summed E-state index contributed by atoms with van der Waals surface area (Å²) in [6, 6.07) is 14.0. The molecule has 0 saturated carbocycles. The smallest absolute Gasteiger partial charge is 0.0914 e. The Kier molecular flexibility index (Phi) is 4.11. The van der Waals surface area contributed by atoms with Gasteiger partial charge in [0.2, 0.25) is 0 Å². The van der Waals surface area contributed by atoms with Crippen LogP contribution >= 0.6 is 11.6 Å². The Labute approximate surface area is 147 Å². The third-order valence-electron chi connectivity index (χ3n) is 4.80. The molecule has 1 saturated heterocycles. The number of rotatable bonds is 2. The van der Waals surface area contributed by atoms with Crippen LogP contribution in [0, 0.1) is 5.92 Å². The van der Waals surface area contributed by atoms with Crippen LogP contribution in [0.2, 0.25) is 5.02 Å². The van der Waals surface area contributed by atoms with Crippen molar-refractivity contribution in [3.8, 4) is 11.4 Å². The van der Waals surface area contributed by atoms with Gasteiger partial charge >= 0.3 is 0 Å². The van der Waals surface area contributed by atoms with Gasteiger partial charge in [-0.1, -0.05) is 24.6 Å². The second-order valence-corrected chi connectivity index (χ2v) is 7.01. The van der Waals surface area contributed by atoms with Gasteiger partial charge in [0.25, 0.3) is 0 Å². The number of pyridine rings is 2. The Balaban J connectivity index is 1.87. The molecule has 0 radical (unpaired) electrons. The molecule has 0 aliphatic carbocycles. The summed E-state index contributed by atoms with van der Waals surface area (Å²) in [4.78, 5) is 11.7. The normalized spacial score (nSPS) is 15.8. The summed E-state index contributed by atoms with van der Waals surface area (Å²) in [6.45, 7) is 4.49. The number of halogens is 1. The van der Waals surface area contributed by atoms with Gasteiger partial charge in [-0.3, -0.25) is 4.98 Å². The molecule has 3 heterocycles. The molecule has 1 fully saturated rings. The minimum Gasteiger partial charge on any atom is -0.371 e. The first-order chi connectivity index (χ1) is 11.7. The average molecular weight is 338 g/mol. The molecule has 0 spiro atoms. The van der Waals surface area contributed by atoms with E-state index in [-0.39, 0.29) is 0 Å². The van der Waals surface area contributed by atoms with E-state index >= 15 is 0 Å². The Morgan fingerprint density at radius 2 is 1.88 bits per heavy atom. The van der Waals surface area contributed by atoms with E-state index in [1.54, 1.807) is 0 Å². The van der Waals surface area contributed by atoms with E-state index < -0.39 is 0 Å². The fourth-order valence-corrected chi connectivity index (χ4v) is 3.51. The lowest BCUT2D eigenvalue weighted by molar-refractivity contribution is 0.439. The summed E-state index contributed by atoms with van der Waals surface area (Å²) in [5.41, 5.74) is 4.01. The second kappa shape index (κ2) is 6.40. The fourth-order valence-electron chi connectivity index (χ4n) is 3.34. The van der Waals surface area contributed by atoms with Crippen molar-refractivity contribution in [3.63, 3.8) is 0 Å². The summed E-state index contributed by atoms with van der Waals surface area (Å²) < 4.78 is 0. The van der Waals surface area contributed by atoms with Gasteiger partial charge in [0.1, 0.15) is 0 Å². The topological polar surface area (TPSA) is 29.0 Å². The maximum absolute atomic E-state index is 6.25. The van der Waals surface area contributed by atoms with Crippen LogP contribution in [-0.2, 0) is 0 Å². The molecule has 3 aromatic rings. The number of benzene rings is 1. The average Bonchev–Trinajstić information content (AvgIpc) is 2.62. The zero-order chi connectivity index (χ0) is 16.5. The molecule has 0 N–H and O–H groups in total. The number of hydrogen-bond donors (Lipinski definition) is 0. The van der Waals surface area contributed by atoms with Crippen LogP contribution in [0.5, 0.6) is 0 Å². The van der Waals surface area contributed by atoms with E-state index in [9.17, 15) is 0 Å². The lowest BCUT2D eigenvalue weighted by atomic mass is 9.98. The lowest BCUT2D eigenvalue weighted by Crippen LogP contribution is -2.33. The van der Waals surface area contributed by atoms with E-state index in [0.29, 0.717) is 0 Å². The highest BCUT2D eigenvalue weighted by atomic mass is 35.5. The van der Waals surface area contributed by atoms with E-state index in [0.717, 1.165) is 46.3 Å². The number of aromatic nitrogens is 2. The zero-order valence-corrected chi connectivity index (χ0v) is 14.5. The third kappa shape index (κ3) is 2.96.